The molecule has 2 aromatic carbocycles. The number of aromatic nitrogens is 2. The molecule has 3 aromatic rings. The molecule has 0 saturated heterocycles. The first kappa shape index (κ1) is 16.3. The highest BCUT2D eigenvalue weighted by Crippen LogP contribution is 2.45. The average Bonchev–Trinajstić information content (AvgIpc) is 3.11. The molecule has 1 aromatic heterocycles. The number of nitrogens with one attached hydrogen (secondary N) is 1. The van der Waals surface area contributed by atoms with Gasteiger partial charge in [0.25, 0.3) is 0 Å². The molecule has 0 fully saturated rings. The maximum Gasteiger partial charge on any atom is 0.244 e. The van der Waals surface area contributed by atoms with E-state index in [0.717, 1.165) is 27.3 Å². The van der Waals surface area contributed by atoms with Crippen molar-refractivity contribution < 1.29 is 4.74 Å². The fraction of sp³-hybridized carbons (Fsp3) is 0.100. The standard InChI is InChI=1S/C20H16N4OS/c1-26-14-9-7-12(8-10-14)16-15(11-21)19(22)25-20-17(16)18(23-24-20)13-5-3-2-4-6-13/h2-10,16H,22H2,1H3,(H,23,24). The number of benzene rings is 2. The molecule has 0 aliphatic carbocycles. The Bertz CT molecular complexity index is 1020. The molecule has 128 valence electrons. The Balaban J connectivity index is 1.92. The quantitative estimate of drug-likeness (QED) is 0.689. The van der Waals surface area contributed by atoms with Crippen LogP contribution in [0.5, 0.6) is 5.88 Å². The van der Waals surface area contributed by atoms with Crippen molar-refractivity contribution in [1.29, 1.82) is 5.26 Å². The largest absolute Gasteiger partial charge is 0.420 e. The van der Waals surface area contributed by atoms with Crippen molar-refractivity contribution in [1.82, 2.24) is 10.2 Å². The molecule has 26 heavy (non-hydrogen) atoms. The highest BCUT2D eigenvalue weighted by atomic mass is 32.2. The van der Waals surface area contributed by atoms with Gasteiger partial charge in [-0.2, -0.15) is 5.26 Å². The number of rotatable bonds is 3. The van der Waals surface area contributed by atoms with E-state index in [-0.39, 0.29) is 11.8 Å². The van der Waals surface area contributed by atoms with E-state index in [1.165, 1.54) is 0 Å². The molecule has 0 saturated carbocycles. The van der Waals surface area contributed by atoms with Gasteiger partial charge in [-0.05, 0) is 29.5 Å². The van der Waals surface area contributed by atoms with Crippen molar-refractivity contribution >= 4 is 11.8 Å². The number of thioether (sulfide) groups is 1. The van der Waals surface area contributed by atoms with Crippen LogP contribution in [0.1, 0.15) is 17.0 Å². The molecular weight excluding hydrogens is 344 g/mol. The first-order valence-corrected chi connectivity index (χ1v) is 9.30. The second-order valence-corrected chi connectivity index (χ2v) is 6.76. The molecule has 1 aliphatic heterocycles. The van der Waals surface area contributed by atoms with Gasteiger partial charge in [0.05, 0.1) is 17.2 Å². The van der Waals surface area contributed by atoms with Gasteiger partial charge in [-0.1, -0.05) is 42.5 Å². The van der Waals surface area contributed by atoms with Crippen molar-refractivity contribution in [3.05, 3.63) is 77.2 Å². The minimum atomic E-state index is -0.325. The van der Waals surface area contributed by atoms with Crippen LogP contribution < -0.4 is 10.5 Å². The van der Waals surface area contributed by atoms with Gasteiger partial charge in [0.1, 0.15) is 11.6 Å². The van der Waals surface area contributed by atoms with E-state index in [1.807, 2.05) is 60.9 Å². The van der Waals surface area contributed by atoms with E-state index in [1.54, 1.807) is 11.8 Å². The van der Waals surface area contributed by atoms with E-state index >= 15 is 0 Å². The summed E-state index contributed by atoms with van der Waals surface area (Å²) in [6.45, 7) is 0. The van der Waals surface area contributed by atoms with Gasteiger partial charge < -0.3 is 10.5 Å². The van der Waals surface area contributed by atoms with Crippen LogP contribution in [0.15, 0.2) is 70.9 Å². The molecule has 3 N–H and O–H groups in total. The number of ether oxygens (including phenoxy) is 1. The summed E-state index contributed by atoms with van der Waals surface area (Å²) in [6.07, 6.45) is 2.03. The smallest absolute Gasteiger partial charge is 0.244 e. The normalized spacial score (nSPS) is 15.9. The van der Waals surface area contributed by atoms with Crippen LogP contribution >= 0.6 is 11.8 Å². The predicted octanol–water partition coefficient (Wildman–Crippen LogP) is 4.02. The van der Waals surface area contributed by atoms with Crippen molar-refractivity contribution in [3.8, 4) is 23.2 Å². The zero-order valence-corrected chi connectivity index (χ0v) is 14.9. The number of H-pyrrole nitrogens is 1. The summed E-state index contributed by atoms with van der Waals surface area (Å²) in [4.78, 5) is 1.16. The van der Waals surface area contributed by atoms with Gasteiger partial charge in [-0.15, -0.1) is 16.9 Å². The summed E-state index contributed by atoms with van der Waals surface area (Å²) >= 11 is 1.67. The third-order valence-electron chi connectivity index (χ3n) is 4.45. The third kappa shape index (κ3) is 2.63. The lowest BCUT2D eigenvalue weighted by molar-refractivity contribution is 0.379. The van der Waals surface area contributed by atoms with Crippen LogP contribution in [0.3, 0.4) is 0 Å². The van der Waals surface area contributed by atoms with Crippen LogP contribution in [-0.4, -0.2) is 16.5 Å². The molecule has 0 amide bonds. The number of allylic oxidation sites excluding steroid dienone is 1. The first-order chi connectivity index (χ1) is 12.7. The summed E-state index contributed by atoms with van der Waals surface area (Å²) < 4.78 is 5.62. The minimum absolute atomic E-state index is 0.102. The Hall–Kier alpha value is -3.17. The lowest BCUT2D eigenvalue weighted by atomic mass is 9.83. The second kappa shape index (κ2) is 6.62. The summed E-state index contributed by atoms with van der Waals surface area (Å²) in [7, 11) is 0. The molecule has 0 spiro atoms. The van der Waals surface area contributed by atoms with E-state index in [4.69, 9.17) is 10.5 Å². The fourth-order valence-electron chi connectivity index (χ4n) is 3.20. The zero-order valence-electron chi connectivity index (χ0n) is 14.1. The number of nitriles is 1. The zero-order chi connectivity index (χ0) is 18.1. The van der Waals surface area contributed by atoms with Crippen molar-refractivity contribution in [3.63, 3.8) is 0 Å². The molecule has 4 rings (SSSR count). The fourth-order valence-corrected chi connectivity index (χ4v) is 3.61. The maximum atomic E-state index is 9.72. The monoisotopic (exact) mass is 360 g/mol. The summed E-state index contributed by atoms with van der Waals surface area (Å²) in [6, 6.07) is 20.2. The molecular formula is C20H16N4OS. The van der Waals surface area contributed by atoms with Gasteiger partial charge >= 0.3 is 0 Å². The lowest BCUT2D eigenvalue weighted by Crippen LogP contribution is -2.20. The Morgan fingerprint density at radius 2 is 1.88 bits per heavy atom. The molecule has 0 radical (unpaired) electrons. The molecule has 1 aliphatic rings. The van der Waals surface area contributed by atoms with Crippen molar-refractivity contribution in [2.75, 3.05) is 6.26 Å². The first-order valence-electron chi connectivity index (χ1n) is 8.08. The molecule has 6 heteroatoms. The molecule has 0 bridgehead atoms. The van der Waals surface area contributed by atoms with Crippen LogP contribution in [0.2, 0.25) is 0 Å². The Morgan fingerprint density at radius 3 is 2.54 bits per heavy atom. The van der Waals surface area contributed by atoms with Gasteiger partial charge in [0.2, 0.25) is 11.8 Å². The van der Waals surface area contributed by atoms with Crippen molar-refractivity contribution in [2.24, 2.45) is 5.73 Å². The van der Waals surface area contributed by atoms with Gasteiger partial charge in [0.15, 0.2) is 0 Å². The van der Waals surface area contributed by atoms with Gasteiger partial charge in [-0.3, -0.25) is 5.10 Å². The Kier molecular flexibility index (Phi) is 4.15. The highest BCUT2D eigenvalue weighted by molar-refractivity contribution is 7.98. The number of hydrogen-bond donors (Lipinski definition) is 2. The van der Waals surface area contributed by atoms with Crippen LogP contribution in [-0.2, 0) is 0 Å². The topological polar surface area (TPSA) is 87.7 Å². The van der Waals surface area contributed by atoms with E-state index in [9.17, 15) is 5.26 Å². The lowest BCUT2D eigenvalue weighted by Gasteiger charge is -2.24. The predicted molar refractivity (Wildman–Crippen MR) is 102 cm³/mol. The van der Waals surface area contributed by atoms with Gasteiger partial charge in [0, 0.05) is 4.90 Å². The van der Waals surface area contributed by atoms with E-state index < -0.39 is 0 Å². The number of nitrogens with two attached hydrogens (primary N) is 1. The molecule has 1 unspecified atom stereocenters. The van der Waals surface area contributed by atoms with Crippen LogP contribution in [0.25, 0.3) is 11.3 Å². The SMILES string of the molecule is CSc1ccc(C2C(C#N)=C(N)Oc3n[nH]c(-c4ccccc4)c32)cc1. The van der Waals surface area contributed by atoms with Crippen LogP contribution in [0, 0.1) is 11.3 Å². The van der Waals surface area contributed by atoms with Gasteiger partial charge in [-0.25, -0.2) is 0 Å². The summed E-state index contributed by atoms with van der Waals surface area (Å²) in [5.41, 5.74) is 10.0. The Labute approximate surface area is 155 Å². The third-order valence-corrected chi connectivity index (χ3v) is 5.19. The molecule has 1 atom stereocenters. The van der Waals surface area contributed by atoms with E-state index in [0.29, 0.717) is 11.5 Å². The summed E-state index contributed by atoms with van der Waals surface area (Å²) in [5, 5.41) is 17.1. The van der Waals surface area contributed by atoms with E-state index in [2.05, 4.69) is 16.3 Å². The van der Waals surface area contributed by atoms with Crippen molar-refractivity contribution in [2.45, 2.75) is 10.8 Å². The highest BCUT2D eigenvalue weighted by Gasteiger charge is 2.35. The molecule has 5 nitrogen and oxygen atoms in total. The average molecular weight is 360 g/mol. The number of fused-ring (bicyclic) bond motifs is 1. The second-order valence-electron chi connectivity index (χ2n) is 5.88. The minimum Gasteiger partial charge on any atom is -0.420 e. The summed E-state index contributed by atoms with van der Waals surface area (Å²) in [5.74, 6) is 0.193. The number of hydrogen-bond acceptors (Lipinski definition) is 5. The number of nitrogens with zero attached hydrogens (tertiary/aromatic N) is 2. The molecule has 2 heterocycles. The maximum absolute atomic E-state index is 9.72. The number of aromatic amines is 1. The van der Waals surface area contributed by atoms with Crippen LogP contribution in [0.4, 0.5) is 0 Å². The Morgan fingerprint density at radius 1 is 1.15 bits per heavy atom.